The summed E-state index contributed by atoms with van der Waals surface area (Å²) >= 11 is 0. The number of aliphatic hydroxyl groups excluding tert-OH is 1. The van der Waals surface area contributed by atoms with Crippen LogP contribution in [-0.2, 0) is 10.1 Å². The molecule has 4 N–H and O–H groups in total. The molecular weight excluding hydrogens is 222 g/mol. The van der Waals surface area contributed by atoms with E-state index >= 15 is 0 Å². The Balaban J connectivity index is 3.06. The van der Waals surface area contributed by atoms with Crippen molar-refractivity contribution in [2.45, 2.75) is 4.90 Å². The van der Waals surface area contributed by atoms with Gasteiger partial charge in [-0.15, -0.1) is 0 Å². The number of hydrogen-bond acceptors (Lipinski definition) is 5. The van der Waals surface area contributed by atoms with Gasteiger partial charge < -0.3 is 15.6 Å². The Bertz CT molecular complexity index is 442. The van der Waals surface area contributed by atoms with Gasteiger partial charge in [0, 0.05) is 6.07 Å². The molecule has 84 valence electrons. The first-order chi connectivity index (χ1) is 6.95. The average Bonchev–Trinajstić information content (AvgIpc) is 2.15. The number of ether oxygens (including phenoxy) is 1. The fraction of sp³-hybridized carbons (Fsp3) is 0.250. The second-order valence-electron chi connectivity index (χ2n) is 2.75. The van der Waals surface area contributed by atoms with E-state index in [9.17, 15) is 8.42 Å². The van der Waals surface area contributed by atoms with Crippen LogP contribution in [0.4, 0.5) is 5.69 Å². The molecule has 1 rings (SSSR count). The third kappa shape index (κ3) is 3.08. The monoisotopic (exact) mass is 233 g/mol. The van der Waals surface area contributed by atoms with Crippen LogP contribution in [0.25, 0.3) is 0 Å². The van der Waals surface area contributed by atoms with Gasteiger partial charge in [-0.2, -0.15) is 8.42 Å². The third-order valence-electron chi connectivity index (χ3n) is 1.62. The van der Waals surface area contributed by atoms with Crippen LogP contribution in [-0.4, -0.2) is 31.3 Å². The first-order valence-electron chi connectivity index (χ1n) is 4.06. The Labute approximate surface area is 87.0 Å². The van der Waals surface area contributed by atoms with Crippen LogP contribution in [0.15, 0.2) is 23.1 Å². The standard InChI is InChI=1S/C8H11NO5S/c9-7-2-1-6(14-4-3-10)5-8(7)15(11,12)13/h1-2,5,10H,3-4,9H2,(H,11,12,13). The van der Waals surface area contributed by atoms with E-state index in [1.807, 2.05) is 0 Å². The first-order valence-corrected chi connectivity index (χ1v) is 5.50. The van der Waals surface area contributed by atoms with E-state index in [0.717, 1.165) is 6.07 Å². The molecule has 0 aliphatic heterocycles. The van der Waals surface area contributed by atoms with Crippen LogP contribution in [0.3, 0.4) is 0 Å². The highest BCUT2D eigenvalue weighted by atomic mass is 32.2. The minimum atomic E-state index is -4.35. The van der Waals surface area contributed by atoms with Gasteiger partial charge in [0.05, 0.1) is 12.3 Å². The Morgan fingerprint density at radius 3 is 2.60 bits per heavy atom. The van der Waals surface area contributed by atoms with Crippen LogP contribution < -0.4 is 10.5 Å². The molecule has 0 aliphatic carbocycles. The van der Waals surface area contributed by atoms with Crippen molar-refractivity contribution < 1.29 is 22.8 Å². The molecule has 0 aliphatic rings. The molecule has 0 spiro atoms. The van der Waals surface area contributed by atoms with Crippen molar-refractivity contribution in [3.05, 3.63) is 18.2 Å². The first kappa shape index (κ1) is 11.8. The molecule has 1 aromatic carbocycles. The highest BCUT2D eigenvalue weighted by Crippen LogP contribution is 2.23. The topological polar surface area (TPSA) is 110 Å². The number of aliphatic hydroxyl groups is 1. The maximum absolute atomic E-state index is 10.9. The zero-order valence-corrected chi connectivity index (χ0v) is 8.57. The molecule has 1 aromatic rings. The molecule has 7 heteroatoms. The van der Waals surface area contributed by atoms with Gasteiger partial charge in [-0.3, -0.25) is 4.55 Å². The molecule has 0 unspecified atom stereocenters. The minimum Gasteiger partial charge on any atom is -0.491 e. The summed E-state index contributed by atoms with van der Waals surface area (Å²) in [7, 11) is -4.35. The quantitative estimate of drug-likeness (QED) is 0.494. The fourth-order valence-corrected chi connectivity index (χ4v) is 1.62. The summed E-state index contributed by atoms with van der Waals surface area (Å²) in [6.45, 7) is -0.152. The molecule has 0 fully saturated rings. The summed E-state index contributed by atoms with van der Waals surface area (Å²) in [4.78, 5) is -0.405. The lowest BCUT2D eigenvalue weighted by molar-refractivity contribution is 0.201. The third-order valence-corrected chi connectivity index (χ3v) is 2.53. The molecule has 0 atom stereocenters. The van der Waals surface area contributed by atoms with E-state index in [-0.39, 0.29) is 24.7 Å². The minimum absolute atomic E-state index is 0.0365. The highest BCUT2D eigenvalue weighted by Gasteiger charge is 2.14. The number of nitrogens with two attached hydrogens (primary N) is 1. The van der Waals surface area contributed by atoms with Gasteiger partial charge in [0.25, 0.3) is 10.1 Å². The van der Waals surface area contributed by atoms with Gasteiger partial charge in [0.1, 0.15) is 17.3 Å². The predicted octanol–water partition coefficient (Wildman–Crippen LogP) is -0.113. The van der Waals surface area contributed by atoms with Crippen LogP contribution in [0, 0.1) is 0 Å². The predicted molar refractivity (Wildman–Crippen MR) is 53.2 cm³/mol. The van der Waals surface area contributed by atoms with Crippen molar-refractivity contribution in [2.24, 2.45) is 0 Å². The van der Waals surface area contributed by atoms with E-state index < -0.39 is 15.0 Å². The largest absolute Gasteiger partial charge is 0.491 e. The zero-order chi connectivity index (χ0) is 11.5. The molecule has 0 heterocycles. The summed E-state index contributed by atoms with van der Waals surface area (Å²) in [6, 6.07) is 3.84. The molecule has 0 bridgehead atoms. The van der Waals surface area contributed by atoms with E-state index in [1.165, 1.54) is 12.1 Å². The highest BCUT2D eigenvalue weighted by molar-refractivity contribution is 7.86. The second-order valence-corrected chi connectivity index (χ2v) is 4.14. The summed E-state index contributed by atoms with van der Waals surface area (Å²) in [6.07, 6.45) is 0. The van der Waals surface area contributed by atoms with E-state index in [4.69, 9.17) is 20.1 Å². The summed E-state index contributed by atoms with van der Waals surface area (Å²) in [5, 5.41) is 8.49. The normalized spacial score (nSPS) is 11.3. The molecule has 6 nitrogen and oxygen atoms in total. The van der Waals surface area contributed by atoms with Gasteiger partial charge in [0.15, 0.2) is 0 Å². The summed E-state index contributed by atoms with van der Waals surface area (Å²) < 4.78 is 35.5. The van der Waals surface area contributed by atoms with Crippen molar-refractivity contribution in [3.8, 4) is 5.75 Å². The molecule has 15 heavy (non-hydrogen) atoms. The zero-order valence-electron chi connectivity index (χ0n) is 7.75. The number of hydrogen-bond donors (Lipinski definition) is 3. The fourth-order valence-electron chi connectivity index (χ4n) is 0.991. The lowest BCUT2D eigenvalue weighted by Crippen LogP contribution is -2.06. The number of anilines is 1. The van der Waals surface area contributed by atoms with Crippen LogP contribution in [0.5, 0.6) is 5.75 Å². The van der Waals surface area contributed by atoms with Gasteiger partial charge in [0.2, 0.25) is 0 Å². The van der Waals surface area contributed by atoms with E-state index in [1.54, 1.807) is 0 Å². The number of rotatable bonds is 4. The van der Waals surface area contributed by atoms with Crippen molar-refractivity contribution in [1.82, 2.24) is 0 Å². The average molecular weight is 233 g/mol. The second kappa shape index (κ2) is 4.47. The number of benzene rings is 1. The Hall–Kier alpha value is -1.31. The van der Waals surface area contributed by atoms with Crippen molar-refractivity contribution >= 4 is 15.8 Å². The van der Waals surface area contributed by atoms with Crippen molar-refractivity contribution in [2.75, 3.05) is 18.9 Å². The Morgan fingerprint density at radius 2 is 2.07 bits per heavy atom. The molecule has 0 amide bonds. The van der Waals surface area contributed by atoms with Crippen LogP contribution in [0.1, 0.15) is 0 Å². The van der Waals surface area contributed by atoms with Crippen LogP contribution in [0.2, 0.25) is 0 Å². The molecule has 0 saturated heterocycles. The molecular formula is C8H11NO5S. The Morgan fingerprint density at radius 1 is 1.40 bits per heavy atom. The van der Waals surface area contributed by atoms with E-state index in [2.05, 4.69) is 0 Å². The molecule has 0 saturated carbocycles. The lowest BCUT2D eigenvalue weighted by atomic mass is 10.3. The molecule has 0 aromatic heterocycles. The van der Waals surface area contributed by atoms with Crippen molar-refractivity contribution in [3.63, 3.8) is 0 Å². The van der Waals surface area contributed by atoms with Gasteiger partial charge in [-0.1, -0.05) is 0 Å². The van der Waals surface area contributed by atoms with Gasteiger partial charge >= 0.3 is 0 Å². The van der Waals surface area contributed by atoms with Gasteiger partial charge in [-0.05, 0) is 12.1 Å². The Kier molecular flexibility index (Phi) is 3.51. The summed E-state index contributed by atoms with van der Waals surface area (Å²) in [5.74, 6) is 0.214. The lowest BCUT2D eigenvalue weighted by Gasteiger charge is -2.07. The van der Waals surface area contributed by atoms with E-state index in [0.29, 0.717) is 0 Å². The van der Waals surface area contributed by atoms with Crippen LogP contribution >= 0.6 is 0 Å². The summed E-state index contributed by atoms with van der Waals surface area (Å²) in [5.41, 5.74) is 5.30. The smallest absolute Gasteiger partial charge is 0.296 e. The molecule has 0 radical (unpaired) electrons. The maximum atomic E-state index is 10.9. The van der Waals surface area contributed by atoms with Crippen molar-refractivity contribution in [1.29, 1.82) is 0 Å². The SMILES string of the molecule is Nc1ccc(OCCO)cc1S(=O)(=O)O. The van der Waals surface area contributed by atoms with Gasteiger partial charge in [-0.25, -0.2) is 0 Å². The maximum Gasteiger partial charge on any atom is 0.296 e. The number of nitrogen functional groups attached to an aromatic ring is 1.